The van der Waals surface area contributed by atoms with Crippen molar-refractivity contribution < 1.29 is 8.42 Å². The zero-order valence-electron chi connectivity index (χ0n) is 15.0. The molecule has 1 saturated carbocycles. The normalized spacial score (nSPS) is 23.7. The Bertz CT molecular complexity index is 454. The molecule has 0 amide bonds. The molecule has 7 heteroatoms. The van der Waals surface area contributed by atoms with Crippen molar-refractivity contribution in [1.82, 2.24) is 10.6 Å². The van der Waals surface area contributed by atoms with E-state index in [1.54, 1.807) is 0 Å². The molecule has 5 nitrogen and oxygen atoms in total. The first-order valence-corrected chi connectivity index (χ1v) is 10.6. The van der Waals surface area contributed by atoms with Crippen LogP contribution in [-0.2, 0) is 9.84 Å². The van der Waals surface area contributed by atoms with Crippen LogP contribution in [0.4, 0.5) is 0 Å². The van der Waals surface area contributed by atoms with Crippen molar-refractivity contribution in [2.75, 3.05) is 25.1 Å². The molecule has 0 heterocycles. The lowest BCUT2D eigenvalue weighted by Gasteiger charge is -2.27. The predicted molar refractivity (Wildman–Crippen MR) is 109 cm³/mol. The molecule has 0 aromatic rings. The maximum absolute atomic E-state index is 11.2. The summed E-state index contributed by atoms with van der Waals surface area (Å²) >= 11 is 0. The first kappa shape index (κ1) is 22.9. The van der Waals surface area contributed by atoms with Crippen LogP contribution in [-0.4, -0.2) is 45.5 Å². The summed E-state index contributed by atoms with van der Waals surface area (Å²) in [5.41, 5.74) is 0. The van der Waals surface area contributed by atoms with Gasteiger partial charge in [-0.25, -0.2) is 8.42 Å². The first-order valence-electron chi connectivity index (χ1n) is 8.54. The van der Waals surface area contributed by atoms with Gasteiger partial charge >= 0.3 is 0 Å². The SMILES string of the molecule is CCNC(=NCC1CCCCC1C)NC(C)CCS(C)(=O)=O.I. The fourth-order valence-electron chi connectivity index (χ4n) is 2.89. The van der Waals surface area contributed by atoms with Crippen molar-refractivity contribution in [3.05, 3.63) is 0 Å². The van der Waals surface area contributed by atoms with Crippen molar-refractivity contribution in [2.24, 2.45) is 16.8 Å². The highest BCUT2D eigenvalue weighted by Gasteiger charge is 2.21. The standard InChI is InChI=1S/C16H33N3O2S.HI/c1-5-17-16(19-14(3)10-11-22(4,20)21)18-12-15-9-7-6-8-13(15)2;/h13-15H,5-12H2,1-4H3,(H2,17,18,19);1H. The second-order valence-corrected chi connectivity index (χ2v) is 8.97. The van der Waals surface area contributed by atoms with E-state index in [1.807, 2.05) is 13.8 Å². The fourth-order valence-corrected chi connectivity index (χ4v) is 3.67. The van der Waals surface area contributed by atoms with Gasteiger partial charge in [0.2, 0.25) is 0 Å². The number of nitrogens with one attached hydrogen (secondary N) is 2. The largest absolute Gasteiger partial charge is 0.357 e. The predicted octanol–water partition coefficient (Wildman–Crippen LogP) is 2.81. The summed E-state index contributed by atoms with van der Waals surface area (Å²) in [5.74, 6) is 2.44. The van der Waals surface area contributed by atoms with Crippen LogP contribution >= 0.6 is 24.0 Å². The molecular formula is C16H34IN3O2S. The Morgan fingerprint density at radius 3 is 2.52 bits per heavy atom. The van der Waals surface area contributed by atoms with Crippen LogP contribution in [0.5, 0.6) is 0 Å². The van der Waals surface area contributed by atoms with Crippen LogP contribution in [0.15, 0.2) is 4.99 Å². The van der Waals surface area contributed by atoms with Gasteiger partial charge in [-0.1, -0.05) is 26.2 Å². The lowest BCUT2D eigenvalue weighted by atomic mass is 9.80. The average Bonchev–Trinajstić information content (AvgIpc) is 2.43. The Hall–Kier alpha value is -0.0500. The Balaban J connectivity index is 0.00000484. The molecule has 1 aliphatic rings. The van der Waals surface area contributed by atoms with E-state index in [0.29, 0.717) is 12.3 Å². The van der Waals surface area contributed by atoms with Gasteiger partial charge in [-0.05, 0) is 38.5 Å². The Morgan fingerprint density at radius 1 is 1.30 bits per heavy atom. The van der Waals surface area contributed by atoms with Crippen LogP contribution in [0.25, 0.3) is 0 Å². The molecular weight excluding hydrogens is 425 g/mol. The zero-order chi connectivity index (χ0) is 16.6. The molecule has 23 heavy (non-hydrogen) atoms. The van der Waals surface area contributed by atoms with E-state index < -0.39 is 9.84 Å². The van der Waals surface area contributed by atoms with E-state index >= 15 is 0 Å². The number of rotatable bonds is 7. The van der Waals surface area contributed by atoms with Crippen LogP contribution in [0, 0.1) is 11.8 Å². The molecule has 0 saturated heterocycles. The topological polar surface area (TPSA) is 70.6 Å². The van der Waals surface area contributed by atoms with Crippen molar-refractivity contribution in [1.29, 1.82) is 0 Å². The quantitative estimate of drug-likeness (QED) is 0.349. The van der Waals surface area contributed by atoms with E-state index in [2.05, 4.69) is 17.6 Å². The van der Waals surface area contributed by atoms with E-state index in [1.165, 1.54) is 31.9 Å². The summed E-state index contributed by atoms with van der Waals surface area (Å²) in [6.45, 7) is 8.04. The molecule has 0 radical (unpaired) electrons. The summed E-state index contributed by atoms with van der Waals surface area (Å²) in [5, 5.41) is 6.57. The van der Waals surface area contributed by atoms with Gasteiger partial charge < -0.3 is 10.6 Å². The number of nitrogens with zero attached hydrogens (tertiary/aromatic N) is 1. The smallest absolute Gasteiger partial charge is 0.191 e. The fraction of sp³-hybridized carbons (Fsp3) is 0.938. The molecule has 0 aromatic carbocycles. The van der Waals surface area contributed by atoms with Gasteiger partial charge in [0.15, 0.2) is 5.96 Å². The monoisotopic (exact) mass is 459 g/mol. The lowest BCUT2D eigenvalue weighted by Crippen LogP contribution is -2.43. The first-order chi connectivity index (χ1) is 10.3. The molecule has 1 fully saturated rings. The second-order valence-electron chi connectivity index (χ2n) is 6.71. The number of hydrogen-bond donors (Lipinski definition) is 2. The van der Waals surface area contributed by atoms with Gasteiger partial charge in [-0.3, -0.25) is 4.99 Å². The Labute approximate surface area is 159 Å². The molecule has 2 N–H and O–H groups in total. The van der Waals surface area contributed by atoms with E-state index in [-0.39, 0.29) is 35.8 Å². The average molecular weight is 459 g/mol. The van der Waals surface area contributed by atoms with E-state index in [0.717, 1.165) is 25.0 Å². The van der Waals surface area contributed by atoms with Gasteiger partial charge in [0.1, 0.15) is 9.84 Å². The summed E-state index contributed by atoms with van der Waals surface area (Å²) < 4.78 is 22.5. The minimum atomic E-state index is -2.90. The molecule has 0 aromatic heterocycles. The molecule has 1 rings (SSSR count). The minimum absolute atomic E-state index is 0. The third-order valence-electron chi connectivity index (χ3n) is 4.42. The summed E-state index contributed by atoms with van der Waals surface area (Å²) in [6.07, 6.45) is 7.14. The summed E-state index contributed by atoms with van der Waals surface area (Å²) in [4.78, 5) is 4.72. The van der Waals surface area contributed by atoms with Crippen molar-refractivity contribution in [3.63, 3.8) is 0 Å². The molecule has 138 valence electrons. The zero-order valence-corrected chi connectivity index (χ0v) is 18.1. The Kier molecular flexibility index (Phi) is 11.5. The lowest BCUT2D eigenvalue weighted by molar-refractivity contribution is 0.263. The van der Waals surface area contributed by atoms with Crippen LogP contribution in [0.1, 0.15) is 52.9 Å². The number of guanidine groups is 1. The van der Waals surface area contributed by atoms with Gasteiger partial charge in [-0.2, -0.15) is 0 Å². The minimum Gasteiger partial charge on any atom is -0.357 e. The molecule has 0 aliphatic heterocycles. The number of hydrogen-bond acceptors (Lipinski definition) is 3. The third kappa shape index (κ3) is 10.4. The molecule has 1 aliphatic carbocycles. The van der Waals surface area contributed by atoms with E-state index in [9.17, 15) is 8.42 Å². The summed E-state index contributed by atoms with van der Waals surface area (Å²) in [6, 6.07) is 0.0938. The van der Waals surface area contributed by atoms with Crippen molar-refractivity contribution in [3.8, 4) is 0 Å². The molecule has 0 bridgehead atoms. The third-order valence-corrected chi connectivity index (χ3v) is 5.40. The Morgan fingerprint density at radius 2 is 1.96 bits per heavy atom. The highest BCUT2D eigenvalue weighted by atomic mass is 127. The molecule has 3 unspecified atom stereocenters. The highest BCUT2D eigenvalue weighted by molar-refractivity contribution is 14.0. The number of sulfone groups is 1. The molecule has 0 spiro atoms. The van der Waals surface area contributed by atoms with Crippen LogP contribution in [0.3, 0.4) is 0 Å². The van der Waals surface area contributed by atoms with Gasteiger partial charge in [0.05, 0.1) is 5.75 Å². The van der Waals surface area contributed by atoms with Crippen LogP contribution in [0.2, 0.25) is 0 Å². The van der Waals surface area contributed by atoms with E-state index in [4.69, 9.17) is 4.99 Å². The highest BCUT2D eigenvalue weighted by Crippen LogP contribution is 2.29. The second kappa shape index (κ2) is 11.5. The maximum Gasteiger partial charge on any atom is 0.191 e. The van der Waals surface area contributed by atoms with Crippen molar-refractivity contribution >= 4 is 39.8 Å². The van der Waals surface area contributed by atoms with Crippen LogP contribution < -0.4 is 10.6 Å². The maximum atomic E-state index is 11.2. The molecule has 3 atom stereocenters. The number of halogens is 1. The summed E-state index contributed by atoms with van der Waals surface area (Å²) in [7, 11) is -2.90. The van der Waals surface area contributed by atoms with Gasteiger partial charge in [0.25, 0.3) is 0 Å². The number of aliphatic imine (C=N–C) groups is 1. The van der Waals surface area contributed by atoms with Gasteiger partial charge in [-0.15, -0.1) is 24.0 Å². The van der Waals surface area contributed by atoms with Crippen molar-refractivity contribution in [2.45, 2.75) is 58.9 Å². The van der Waals surface area contributed by atoms with Gasteiger partial charge in [0, 0.05) is 25.4 Å².